The second-order valence-corrected chi connectivity index (χ2v) is 7.70. The Bertz CT molecular complexity index is 632. The van der Waals surface area contributed by atoms with E-state index >= 15 is 0 Å². The zero-order chi connectivity index (χ0) is 14.3. The number of benzene rings is 1. The molecule has 20 heavy (non-hydrogen) atoms. The first kappa shape index (κ1) is 14.1. The van der Waals surface area contributed by atoms with Gasteiger partial charge in [0.2, 0.25) is 0 Å². The van der Waals surface area contributed by atoms with Gasteiger partial charge in [0.1, 0.15) is 0 Å². The van der Waals surface area contributed by atoms with Crippen LogP contribution in [0, 0.1) is 0 Å². The van der Waals surface area contributed by atoms with Crippen LogP contribution in [-0.4, -0.2) is 31.1 Å². The molecule has 1 aliphatic rings. The molecule has 2 aromatic rings. The van der Waals surface area contributed by atoms with E-state index in [1.807, 2.05) is 12.1 Å². The Morgan fingerprint density at radius 1 is 1.25 bits per heavy atom. The Kier molecular flexibility index (Phi) is 3.64. The fraction of sp³-hybridized carbons (Fsp3) is 0.429. The molecule has 0 N–H and O–H groups in total. The summed E-state index contributed by atoms with van der Waals surface area (Å²) in [4.78, 5) is 2.43. The Balaban J connectivity index is 1.99. The second-order valence-electron chi connectivity index (χ2n) is 5.87. The van der Waals surface area contributed by atoms with Crippen LogP contribution in [0.4, 0.5) is 0 Å². The zero-order valence-corrected chi connectivity index (χ0v) is 14.2. The lowest BCUT2D eigenvalue weighted by Gasteiger charge is -2.38. The Morgan fingerprint density at radius 2 is 2.05 bits per heavy atom. The number of halogens is 1. The predicted molar refractivity (Wildman–Crippen MR) is 85.5 cm³/mol. The van der Waals surface area contributed by atoms with Crippen molar-refractivity contribution in [3.8, 4) is 11.4 Å². The van der Waals surface area contributed by atoms with Crippen molar-refractivity contribution in [2.24, 2.45) is 0 Å². The van der Waals surface area contributed by atoms with E-state index in [1.165, 1.54) is 0 Å². The minimum atomic E-state index is 0.142. The minimum Gasteiger partial charge on any atom is -0.288 e. The Morgan fingerprint density at radius 3 is 2.75 bits per heavy atom. The van der Waals surface area contributed by atoms with E-state index in [1.54, 1.807) is 11.8 Å². The normalized spacial score (nSPS) is 16.2. The van der Waals surface area contributed by atoms with Crippen LogP contribution >= 0.6 is 27.7 Å². The van der Waals surface area contributed by atoms with Gasteiger partial charge >= 0.3 is 0 Å². The molecule has 2 heterocycles. The van der Waals surface area contributed by atoms with E-state index in [2.05, 4.69) is 68.5 Å². The van der Waals surface area contributed by atoms with Gasteiger partial charge in [-0.05, 0) is 32.9 Å². The third-order valence-corrected chi connectivity index (χ3v) is 4.90. The molecule has 1 aliphatic heterocycles. The van der Waals surface area contributed by atoms with Gasteiger partial charge in [0, 0.05) is 15.6 Å². The summed E-state index contributed by atoms with van der Waals surface area (Å²) in [6.45, 7) is 7.55. The quantitative estimate of drug-likeness (QED) is 0.780. The van der Waals surface area contributed by atoms with Crippen LogP contribution in [0.15, 0.2) is 33.9 Å². The molecular formula is C14H17BrN4S. The number of fused-ring (bicyclic) bond motifs is 1. The Hall–Kier alpha value is -0.850. The molecule has 3 rings (SSSR count). The predicted octanol–water partition coefficient (Wildman–Crippen LogP) is 3.83. The third-order valence-electron chi connectivity index (χ3n) is 3.41. The molecule has 0 aliphatic carbocycles. The van der Waals surface area contributed by atoms with Crippen LogP contribution in [0.3, 0.4) is 0 Å². The second kappa shape index (κ2) is 5.16. The van der Waals surface area contributed by atoms with Crippen molar-refractivity contribution in [1.82, 2.24) is 19.7 Å². The highest BCUT2D eigenvalue weighted by Crippen LogP contribution is 2.32. The number of nitrogens with zero attached hydrogens (tertiary/aromatic N) is 4. The fourth-order valence-electron chi connectivity index (χ4n) is 2.12. The molecule has 106 valence electrons. The van der Waals surface area contributed by atoms with Gasteiger partial charge in [0.25, 0.3) is 0 Å². The first-order valence-corrected chi connectivity index (χ1v) is 8.30. The average Bonchev–Trinajstić information content (AvgIpc) is 2.80. The lowest BCUT2D eigenvalue weighted by Crippen LogP contribution is -2.44. The van der Waals surface area contributed by atoms with Crippen LogP contribution in [0.5, 0.6) is 0 Å². The molecule has 4 nitrogen and oxygen atoms in total. The average molecular weight is 353 g/mol. The maximum absolute atomic E-state index is 4.37. The van der Waals surface area contributed by atoms with Gasteiger partial charge < -0.3 is 0 Å². The van der Waals surface area contributed by atoms with Gasteiger partial charge in [0.15, 0.2) is 11.0 Å². The van der Waals surface area contributed by atoms with Crippen molar-refractivity contribution in [3.63, 3.8) is 0 Å². The van der Waals surface area contributed by atoms with Crippen molar-refractivity contribution in [1.29, 1.82) is 0 Å². The molecule has 0 saturated carbocycles. The van der Waals surface area contributed by atoms with Gasteiger partial charge in [-0.2, -0.15) is 0 Å². The van der Waals surface area contributed by atoms with E-state index in [4.69, 9.17) is 0 Å². The summed E-state index contributed by atoms with van der Waals surface area (Å²) < 4.78 is 3.25. The number of rotatable bonds is 1. The number of hydrogen-bond donors (Lipinski definition) is 0. The molecule has 1 aromatic heterocycles. The Labute approximate surface area is 131 Å². The van der Waals surface area contributed by atoms with Crippen molar-refractivity contribution >= 4 is 27.7 Å². The monoisotopic (exact) mass is 352 g/mol. The largest absolute Gasteiger partial charge is 0.288 e. The van der Waals surface area contributed by atoms with Crippen molar-refractivity contribution < 1.29 is 0 Å². The van der Waals surface area contributed by atoms with Gasteiger partial charge in [-0.15, -0.1) is 10.2 Å². The number of hydrogen-bond acceptors (Lipinski definition) is 4. The lowest BCUT2D eigenvalue weighted by molar-refractivity contribution is 0.115. The molecule has 1 aromatic carbocycles. The molecule has 0 bridgehead atoms. The smallest absolute Gasteiger partial charge is 0.193 e. The molecule has 0 spiro atoms. The fourth-order valence-corrected chi connectivity index (χ4v) is 3.66. The van der Waals surface area contributed by atoms with Crippen molar-refractivity contribution in [3.05, 3.63) is 28.7 Å². The molecule has 0 unspecified atom stereocenters. The highest BCUT2D eigenvalue weighted by atomic mass is 79.9. The molecule has 0 saturated heterocycles. The minimum absolute atomic E-state index is 0.142. The molecule has 0 fully saturated rings. The summed E-state index contributed by atoms with van der Waals surface area (Å²) in [6.07, 6.45) is 0. The molecule has 6 heteroatoms. The SMILES string of the molecule is CC(C)(C)N1CSc2nnc(-c3cccc(Br)c3)n2C1. The molecule has 0 radical (unpaired) electrons. The number of aromatic nitrogens is 3. The maximum Gasteiger partial charge on any atom is 0.193 e. The molecule has 0 amide bonds. The summed E-state index contributed by atoms with van der Waals surface area (Å²) in [6, 6.07) is 8.20. The van der Waals surface area contributed by atoms with Gasteiger partial charge in [-0.25, -0.2) is 0 Å². The molecule has 0 atom stereocenters. The lowest BCUT2D eigenvalue weighted by atomic mass is 10.1. The highest BCUT2D eigenvalue weighted by Gasteiger charge is 2.29. The van der Waals surface area contributed by atoms with Crippen LogP contribution in [-0.2, 0) is 6.67 Å². The highest BCUT2D eigenvalue weighted by molar-refractivity contribution is 9.10. The number of thioether (sulfide) groups is 1. The van der Waals surface area contributed by atoms with E-state index in [-0.39, 0.29) is 5.54 Å². The summed E-state index contributed by atoms with van der Waals surface area (Å²) >= 11 is 5.26. The maximum atomic E-state index is 4.37. The summed E-state index contributed by atoms with van der Waals surface area (Å²) in [7, 11) is 0. The first-order chi connectivity index (χ1) is 9.45. The van der Waals surface area contributed by atoms with Crippen molar-refractivity contribution in [2.75, 3.05) is 5.88 Å². The van der Waals surface area contributed by atoms with Crippen LogP contribution in [0.25, 0.3) is 11.4 Å². The van der Waals surface area contributed by atoms with Crippen molar-refractivity contribution in [2.45, 2.75) is 38.1 Å². The van der Waals surface area contributed by atoms with E-state index < -0.39 is 0 Å². The summed E-state index contributed by atoms with van der Waals surface area (Å²) in [5.41, 5.74) is 1.23. The first-order valence-electron chi connectivity index (χ1n) is 6.52. The van der Waals surface area contributed by atoms with Gasteiger partial charge in [0.05, 0.1) is 12.5 Å². The van der Waals surface area contributed by atoms with Crippen LogP contribution in [0.1, 0.15) is 20.8 Å². The van der Waals surface area contributed by atoms with E-state index in [9.17, 15) is 0 Å². The zero-order valence-electron chi connectivity index (χ0n) is 11.8. The van der Waals surface area contributed by atoms with E-state index in [0.717, 1.165) is 33.6 Å². The van der Waals surface area contributed by atoms with Crippen LogP contribution in [0.2, 0.25) is 0 Å². The summed E-state index contributed by atoms with van der Waals surface area (Å²) in [5.74, 6) is 1.89. The standard InChI is InChI=1S/C14H17BrN4S/c1-14(2,3)18-8-19-12(16-17-13(19)20-9-18)10-5-4-6-11(15)7-10/h4-7H,8-9H2,1-3H3. The van der Waals surface area contributed by atoms with Crippen LogP contribution < -0.4 is 0 Å². The topological polar surface area (TPSA) is 34.0 Å². The van der Waals surface area contributed by atoms with E-state index in [0.29, 0.717) is 0 Å². The summed E-state index contributed by atoms with van der Waals surface area (Å²) in [5, 5.41) is 9.68. The van der Waals surface area contributed by atoms with Gasteiger partial charge in [-0.3, -0.25) is 9.47 Å². The van der Waals surface area contributed by atoms with Gasteiger partial charge in [-0.1, -0.05) is 39.8 Å². The third kappa shape index (κ3) is 2.64. The molecular weight excluding hydrogens is 336 g/mol.